The minimum atomic E-state index is -0.102. The third kappa shape index (κ3) is 4.97. The lowest BCUT2D eigenvalue weighted by Gasteiger charge is -2.18. The average molecular weight is 374 g/mol. The quantitative estimate of drug-likeness (QED) is 0.653. The molecule has 0 atom stereocenters. The van der Waals surface area contributed by atoms with E-state index in [1.54, 1.807) is 12.3 Å². The zero-order chi connectivity index (χ0) is 20.1. The summed E-state index contributed by atoms with van der Waals surface area (Å²) in [5, 5.41) is 2.93. The van der Waals surface area contributed by atoms with Crippen LogP contribution in [0.15, 0.2) is 67.0 Å². The van der Waals surface area contributed by atoms with Crippen molar-refractivity contribution in [3.8, 4) is 5.69 Å². The molecule has 0 unspecified atom stereocenters. The maximum absolute atomic E-state index is 12.1. The van der Waals surface area contributed by atoms with Crippen LogP contribution >= 0.6 is 0 Å². The van der Waals surface area contributed by atoms with Crippen LogP contribution in [-0.4, -0.2) is 15.5 Å². The second-order valence-corrected chi connectivity index (χ2v) is 7.93. The maximum Gasteiger partial charge on any atom is 0.244 e. The van der Waals surface area contributed by atoms with Crippen LogP contribution in [0.5, 0.6) is 0 Å². The fraction of sp³-hybridized carbons (Fsp3) is 0.250. The number of hydrogen-bond acceptors (Lipinski definition) is 2. The lowest BCUT2D eigenvalue weighted by molar-refractivity contribution is -0.116. The number of amides is 1. The molecule has 1 heterocycles. The van der Waals surface area contributed by atoms with Gasteiger partial charge in [-0.1, -0.05) is 57.2 Å². The van der Waals surface area contributed by atoms with E-state index in [1.807, 2.05) is 60.2 Å². The zero-order valence-electron chi connectivity index (χ0n) is 16.9. The Morgan fingerprint density at radius 1 is 1.07 bits per heavy atom. The molecule has 3 rings (SSSR count). The van der Waals surface area contributed by atoms with Crippen molar-refractivity contribution in [2.75, 3.05) is 0 Å². The summed E-state index contributed by atoms with van der Waals surface area (Å²) in [7, 11) is 0. The molecule has 0 radical (unpaired) electrons. The van der Waals surface area contributed by atoms with Crippen LogP contribution in [0, 0.1) is 6.92 Å². The van der Waals surface area contributed by atoms with Gasteiger partial charge in [-0.25, -0.2) is 4.98 Å². The number of carbonyl (C=O) groups excluding carboxylic acids is 1. The highest BCUT2D eigenvalue weighted by molar-refractivity contribution is 5.91. The standard InChI is InChI=1S/C24H27N3O/c1-18-25-15-16-27(18)22-12-7-20(8-13-22)17-26-23(28)14-9-19-5-10-21(11-6-19)24(2,3)4/h5-16H,17H2,1-4H3,(H,26,28)/b14-9+. The molecule has 4 heteroatoms. The van der Waals surface area contributed by atoms with Gasteiger partial charge in [0.05, 0.1) is 0 Å². The number of imidazole rings is 1. The summed E-state index contributed by atoms with van der Waals surface area (Å²) in [6.07, 6.45) is 7.14. The topological polar surface area (TPSA) is 46.9 Å². The van der Waals surface area contributed by atoms with Gasteiger partial charge >= 0.3 is 0 Å². The molecule has 144 valence electrons. The van der Waals surface area contributed by atoms with Crippen molar-refractivity contribution >= 4 is 12.0 Å². The Hall–Kier alpha value is -3.14. The molecule has 1 amide bonds. The second-order valence-electron chi connectivity index (χ2n) is 7.93. The molecule has 0 saturated carbocycles. The number of hydrogen-bond donors (Lipinski definition) is 1. The summed E-state index contributed by atoms with van der Waals surface area (Å²) in [5.74, 6) is 0.844. The molecule has 0 aliphatic rings. The molecule has 0 aliphatic carbocycles. The Morgan fingerprint density at radius 2 is 1.75 bits per heavy atom. The smallest absolute Gasteiger partial charge is 0.244 e. The molecule has 1 N–H and O–H groups in total. The highest BCUT2D eigenvalue weighted by Gasteiger charge is 2.12. The molecule has 4 nitrogen and oxygen atoms in total. The van der Waals surface area contributed by atoms with Gasteiger partial charge in [0, 0.05) is 30.7 Å². The second kappa shape index (κ2) is 8.26. The van der Waals surface area contributed by atoms with E-state index in [0.29, 0.717) is 6.54 Å². The van der Waals surface area contributed by atoms with E-state index in [0.717, 1.165) is 22.6 Å². The van der Waals surface area contributed by atoms with E-state index in [9.17, 15) is 4.79 Å². The van der Waals surface area contributed by atoms with Crippen LogP contribution in [-0.2, 0) is 16.8 Å². The van der Waals surface area contributed by atoms with Crippen LogP contribution in [0.1, 0.15) is 43.3 Å². The van der Waals surface area contributed by atoms with Crippen molar-refractivity contribution in [3.05, 3.63) is 89.5 Å². The fourth-order valence-electron chi connectivity index (χ4n) is 2.94. The molecule has 0 fully saturated rings. The Kier molecular flexibility index (Phi) is 5.78. The summed E-state index contributed by atoms with van der Waals surface area (Å²) in [4.78, 5) is 16.3. The first-order chi connectivity index (χ1) is 13.3. The van der Waals surface area contributed by atoms with Crippen molar-refractivity contribution in [1.29, 1.82) is 0 Å². The van der Waals surface area contributed by atoms with Crippen molar-refractivity contribution < 1.29 is 4.79 Å². The van der Waals surface area contributed by atoms with Gasteiger partial charge in [-0.05, 0) is 47.2 Å². The number of rotatable bonds is 5. The summed E-state index contributed by atoms with van der Waals surface area (Å²) in [5.41, 5.74) is 4.54. The highest BCUT2D eigenvalue weighted by atomic mass is 16.1. The monoisotopic (exact) mass is 373 g/mol. The summed E-state index contributed by atoms with van der Waals surface area (Å²) >= 11 is 0. The molecule has 28 heavy (non-hydrogen) atoms. The minimum Gasteiger partial charge on any atom is -0.348 e. The molecule has 1 aromatic heterocycles. The number of benzene rings is 2. The Morgan fingerprint density at radius 3 is 2.32 bits per heavy atom. The van der Waals surface area contributed by atoms with Crippen LogP contribution in [0.4, 0.5) is 0 Å². The summed E-state index contributed by atoms with van der Waals surface area (Å²) < 4.78 is 2.02. The van der Waals surface area contributed by atoms with Gasteiger partial charge in [-0.15, -0.1) is 0 Å². The zero-order valence-corrected chi connectivity index (χ0v) is 16.9. The molecule has 2 aromatic carbocycles. The van der Waals surface area contributed by atoms with Crippen molar-refractivity contribution in [2.45, 2.75) is 39.7 Å². The molecule has 0 aliphatic heterocycles. The van der Waals surface area contributed by atoms with Gasteiger partial charge in [-0.2, -0.15) is 0 Å². The van der Waals surface area contributed by atoms with E-state index in [4.69, 9.17) is 0 Å². The molecule has 0 saturated heterocycles. The number of nitrogens with zero attached hydrogens (tertiary/aromatic N) is 2. The normalized spacial score (nSPS) is 11.7. The lowest BCUT2D eigenvalue weighted by atomic mass is 9.87. The fourth-order valence-corrected chi connectivity index (χ4v) is 2.94. The van der Waals surface area contributed by atoms with Gasteiger partial charge in [0.15, 0.2) is 0 Å². The Balaban J connectivity index is 1.54. The van der Waals surface area contributed by atoms with Gasteiger partial charge in [0.25, 0.3) is 0 Å². The Labute approximate surface area is 166 Å². The van der Waals surface area contributed by atoms with Gasteiger partial charge in [-0.3, -0.25) is 4.79 Å². The summed E-state index contributed by atoms with van der Waals surface area (Å²) in [6, 6.07) is 16.4. The third-order valence-electron chi connectivity index (χ3n) is 4.71. The lowest BCUT2D eigenvalue weighted by Crippen LogP contribution is -2.20. The maximum atomic E-state index is 12.1. The SMILES string of the molecule is Cc1nccn1-c1ccc(CNC(=O)/C=C/c2ccc(C(C)(C)C)cc2)cc1. The van der Waals surface area contributed by atoms with Crippen LogP contribution in [0.3, 0.4) is 0 Å². The minimum absolute atomic E-state index is 0.102. The predicted octanol–water partition coefficient (Wildman–Crippen LogP) is 4.81. The van der Waals surface area contributed by atoms with Crippen LogP contribution in [0.25, 0.3) is 11.8 Å². The predicted molar refractivity (Wildman–Crippen MR) is 114 cm³/mol. The van der Waals surface area contributed by atoms with Crippen LogP contribution in [0.2, 0.25) is 0 Å². The molecular weight excluding hydrogens is 346 g/mol. The van der Waals surface area contributed by atoms with Gasteiger partial charge in [0.1, 0.15) is 5.82 Å². The van der Waals surface area contributed by atoms with Crippen molar-refractivity contribution in [1.82, 2.24) is 14.9 Å². The van der Waals surface area contributed by atoms with E-state index in [-0.39, 0.29) is 11.3 Å². The van der Waals surface area contributed by atoms with E-state index in [1.165, 1.54) is 5.56 Å². The van der Waals surface area contributed by atoms with E-state index in [2.05, 4.69) is 43.2 Å². The van der Waals surface area contributed by atoms with Crippen LogP contribution < -0.4 is 5.32 Å². The Bertz CT molecular complexity index is 958. The van der Waals surface area contributed by atoms with Gasteiger partial charge in [0.2, 0.25) is 5.91 Å². The molecule has 0 spiro atoms. The molecule has 0 bridgehead atoms. The van der Waals surface area contributed by atoms with Crippen molar-refractivity contribution in [2.24, 2.45) is 0 Å². The molecule has 3 aromatic rings. The number of nitrogens with one attached hydrogen (secondary N) is 1. The van der Waals surface area contributed by atoms with E-state index < -0.39 is 0 Å². The number of aromatic nitrogens is 2. The molecular formula is C24H27N3O. The summed E-state index contributed by atoms with van der Waals surface area (Å²) in [6.45, 7) is 9.03. The first kappa shape index (κ1) is 19.6. The van der Waals surface area contributed by atoms with E-state index >= 15 is 0 Å². The number of aryl methyl sites for hydroxylation is 1. The average Bonchev–Trinajstić information content (AvgIpc) is 3.10. The van der Waals surface area contributed by atoms with Crippen molar-refractivity contribution in [3.63, 3.8) is 0 Å². The third-order valence-corrected chi connectivity index (χ3v) is 4.71. The number of carbonyl (C=O) groups is 1. The first-order valence-electron chi connectivity index (χ1n) is 9.49. The highest BCUT2D eigenvalue weighted by Crippen LogP contribution is 2.22. The first-order valence-corrected chi connectivity index (χ1v) is 9.49. The van der Waals surface area contributed by atoms with Gasteiger partial charge < -0.3 is 9.88 Å². The largest absolute Gasteiger partial charge is 0.348 e.